The molecule has 176 valence electrons. The molecule has 0 unspecified atom stereocenters. The number of piperidine rings is 1. The summed E-state index contributed by atoms with van der Waals surface area (Å²) in [5.74, 6) is 1.67. The highest BCUT2D eigenvalue weighted by atomic mass is 32.1. The van der Waals surface area contributed by atoms with Crippen molar-refractivity contribution in [3.8, 4) is 11.5 Å². The van der Waals surface area contributed by atoms with E-state index in [0.29, 0.717) is 0 Å². The second-order valence-electron chi connectivity index (χ2n) is 9.12. The second kappa shape index (κ2) is 10.1. The maximum absolute atomic E-state index is 12.6. The van der Waals surface area contributed by atoms with Gasteiger partial charge in [0.05, 0.1) is 20.8 Å². The van der Waals surface area contributed by atoms with Gasteiger partial charge in [-0.2, -0.15) is 0 Å². The maximum Gasteiger partial charge on any atom is 0.410 e. The highest BCUT2D eigenvalue weighted by Crippen LogP contribution is 2.38. The van der Waals surface area contributed by atoms with E-state index in [0.717, 1.165) is 80.5 Å². The monoisotopic (exact) mass is 461 g/mol. The zero-order valence-corrected chi connectivity index (χ0v) is 20.0. The molecule has 8 heteroatoms. The summed E-state index contributed by atoms with van der Waals surface area (Å²) in [6.45, 7) is 3.20. The van der Waals surface area contributed by atoms with Crippen molar-refractivity contribution in [3.05, 3.63) is 23.8 Å². The predicted octanol–water partition coefficient (Wildman–Crippen LogP) is 3.74. The van der Waals surface area contributed by atoms with Crippen molar-refractivity contribution < 1.29 is 19.0 Å². The smallest absolute Gasteiger partial charge is 0.410 e. The Hall–Kier alpha value is -2.22. The number of thiocarbonyl (C=S) groups is 1. The molecule has 1 saturated carbocycles. The van der Waals surface area contributed by atoms with Crippen LogP contribution in [0.3, 0.4) is 0 Å². The van der Waals surface area contributed by atoms with Gasteiger partial charge in [0.1, 0.15) is 17.1 Å². The third kappa shape index (κ3) is 5.05. The van der Waals surface area contributed by atoms with Crippen molar-refractivity contribution in [2.24, 2.45) is 0 Å². The van der Waals surface area contributed by atoms with E-state index in [9.17, 15) is 4.79 Å². The molecule has 3 fully saturated rings. The molecule has 3 aliphatic rings. The fourth-order valence-corrected chi connectivity index (χ4v) is 5.54. The van der Waals surface area contributed by atoms with Crippen LogP contribution in [0.1, 0.15) is 50.5 Å². The number of nitrogens with one attached hydrogen (secondary N) is 1. The molecule has 0 radical (unpaired) electrons. The molecule has 1 aromatic rings. The molecular weight excluding hydrogens is 426 g/mol. The quantitative estimate of drug-likeness (QED) is 0.648. The van der Waals surface area contributed by atoms with Crippen molar-refractivity contribution >= 4 is 23.4 Å². The lowest BCUT2D eigenvalue weighted by molar-refractivity contribution is 0.0259. The number of ether oxygens (including phenoxy) is 3. The molecular formula is C24H35N3O4S. The number of carbonyl (C=O) groups excluding carboxylic acids is 1. The molecule has 0 bridgehead atoms. The van der Waals surface area contributed by atoms with Gasteiger partial charge in [-0.05, 0) is 80.9 Å². The molecule has 1 aromatic carbocycles. The first-order valence-corrected chi connectivity index (χ1v) is 12.2. The topological polar surface area (TPSA) is 63.3 Å². The summed E-state index contributed by atoms with van der Waals surface area (Å²) < 4.78 is 16.7. The van der Waals surface area contributed by atoms with Crippen LogP contribution in [0.2, 0.25) is 0 Å². The maximum atomic E-state index is 12.6. The fraction of sp³-hybridized carbons (Fsp3) is 0.667. The zero-order valence-electron chi connectivity index (χ0n) is 19.2. The average Bonchev–Trinajstić information content (AvgIpc) is 3.14. The summed E-state index contributed by atoms with van der Waals surface area (Å²) in [6.07, 6.45) is 8.15. The molecule has 0 aromatic heterocycles. The van der Waals surface area contributed by atoms with E-state index >= 15 is 0 Å². The van der Waals surface area contributed by atoms with Crippen LogP contribution in [-0.4, -0.2) is 73.0 Å². The molecule has 4 rings (SSSR count). The van der Waals surface area contributed by atoms with E-state index in [-0.39, 0.29) is 17.7 Å². The van der Waals surface area contributed by atoms with Gasteiger partial charge >= 0.3 is 6.09 Å². The largest absolute Gasteiger partial charge is 0.497 e. The lowest BCUT2D eigenvalue weighted by Gasteiger charge is -2.37. The van der Waals surface area contributed by atoms with Gasteiger partial charge < -0.3 is 29.3 Å². The molecule has 2 aliphatic heterocycles. The number of benzene rings is 1. The average molecular weight is 462 g/mol. The van der Waals surface area contributed by atoms with Gasteiger partial charge in [-0.3, -0.25) is 0 Å². The van der Waals surface area contributed by atoms with Gasteiger partial charge in [0, 0.05) is 25.7 Å². The van der Waals surface area contributed by atoms with Crippen molar-refractivity contribution in [1.29, 1.82) is 0 Å². The van der Waals surface area contributed by atoms with Crippen LogP contribution < -0.4 is 14.8 Å². The SMILES string of the molecule is COc1ccc(OC)c(CCNC(=S)N2CCC(N3CC4(CCCCC4)OC3=O)CC2)c1. The summed E-state index contributed by atoms with van der Waals surface area (Å²) in [4.78, 5) is 16.8. The van der Waals surface area contributed by atoms with Gasteiger partial charge in [0.25, 0.3) is 0 Å². The first kappa shape index (κ1) is 23.0. The van der Waals surface area contributed by atoms with Gasteiger partial charge in [0.2, 0.25) is 0 Å². The normalized spacial score (nSPS) is 20.9. The van der Waals surface area contributed by atoms with Crippen LogP contribution in [0.15, 0.2) is 18.2 Å². The van der Waals surface area contributed by atoms with Crippen molar-refractivity contribution in [2.45, 2.75) is 63.0 Å². The highest BCUT2D eigenvalue weighted by molar-refractivity contribution is 7.80. The first-order chi connectivity index (χ1) is 15.5. The van der Waals surface area contributed by atoms with Gasteiger partial charge in [0.15, 0.2) is 5.11 Å². The summed E-state index contributed by atoms with van der Waals surface area (Å²) in [5.41, 5.74) is 0.870. The molecule has 2 saturated heterocycles. The minimum atomic E-state index is -0.218. The number of hydrogen-bond donors (Lipinski definition) is 1. The van der Waals surface area contributed by atoms with E-state index < -0.39 is 0 Å². The minimum absolute atomic E-state index is 0.113. The Morgan fingerprint density at radius 1 is 1.19 bits per heavy atom. The summed E-state index contributed by atoms with van der Waals surface area (Å²) in [6, 6.07) is 6.09. The number of likely N-dealkylation sites (tertiary alicyclic amines) is 1. The molecule has 1 N–H and O–H groups in total. The van der Waals surface area contributed by atoms with E-state index in [1.807, 2.05) is 23.1 Å². The Kier molecular flexibility index (Phi) is 7.28. The Bertz CT molecular complexity index is 819. The zero-order chi connectivity index (χ0) is 22.6. The molecule has 2 heterocycles. The predicted molar refractivity (Wildman–Crippen MR) is 127 cm³/mol. The van der Waals surface area contributed by atoms with Crippen molar-refractivity contribution in [1.82, 2.24) is 15.1 Å². The van der Waals surface area contributed by atoms with Gasteiger partial charge in [-0.1, -0.05) is 6.42 Å². The molecule has 1 amide bonds. The lowest BCUT2D eigenvalue weighted by atomic mass is 9.84. The van der Waals surface area contributed by atoms with E-state index in [4.69, 9.17) is 26.4 Å². The number of rotatable bonds is 6. The number of methoxy groups -OCH3 is 2. The van der Waals surface area contributed by atoms with Crippen molar-refractivity contribution in [2.75, 3.05) is 40.4 Å². The van der Waals surface area contributed by atoms with Crippen LogP contribution in [-0.2, 0) is 11.2 Å². The van der Waals surface area contributed by atoms with E-state index in [2.05, 4.69) is 10.2 Å². The number of hydrogen-bond acceptors (Lipinski definition) is 5. The molecule has 1 aliphatic carbocycles. The van der Waals surface area contributed by atoms with Crippen LogP contribution in [0, 0.1) is 0 Å². The molecule has 0 atom stereocenters. The van der Waals surface area contributed by atoms with Gasteiger partial charge in [-0.25, -0.2) is 4.79 Å². The molecule has 32 heavy (non-hydrogen) atoms. The lowest BCUT2D eigenvalue weighted by Crippen LogP contribution is -2.50. The van der Waals surface area contributed by atoms with Crippen LogP contribution >= 0.6 is 12.2 Å². The van der Waals surface area contributed by atoms with Crippen LogP contribution in [0.4, 0.5) is 4.79 Å². The fourth-order valence-electron chi connectivity index (χ4n) is 5.26. The first-order valence-electron chi connectivity index (χ1n) is 11.8. The van der Waals surface area contributed by atoms with Crippen LogP contribution in [0.5, 0.6) is 11.5 Å². The molecule has 7 nitrogen and oxygen atoms in total. The third-order valence-electron chi connectivity index (χ3n) is 7.11. The number of amides is 1. The Labute approximate surface area is 196 Å². The summed E-state index contributed by atoms with van der Waals surface area (Å²) in [5, 5.41) is 4.16. The summed E-state index contributed by atoms with van der Waals surface area (Å²) >= 11 is 5.65. The van der Waals surface area contributed by atoms with E-state index in [1.54, 1.807) is 14.2 Å². The Morgan fingerprint density at radius 2 is 1.94 bits per heavy atom. The summed E-state index contributed by atoms with van der Waals surface area (Å²) in [7, 11) is 3.35. The number of nitrogens with zero attached hydrogens (tertiary/aromatic N) is 2. The van der Waals surface area contributed by atoms with E-state index in [1.165, 1.54) is 19.3 Å². The minimum Gasteiger partial charge on any atom is -0.497 e. The third-order valence-corrected chi connectivity index (χ3v) is 7.51. The standard InChI is InChI=1S/C24H35N3O4S/c1-29-20-6-7-21(30-2)18(16-20)8-13-25-22(32)26-14-9-19(10-15-26)27-17-24(31-23(27)28)11-4-3-5-12-24/h6-7,16,19H,3-5,8-15,17H2,1-2H3,(H,25,32). The van der Waals surface area contributed by atoms with Gasteiger partial charge in [-0.15, -0.1) is 0 Å². The number of carbonyl (C=O) groups is 1. The van der Waals surface area contributed by atoms with Crippen molar-refractivity contribution in [3.63, 3.8) is 0 Å². The highest BCUT2D eigenvalue weighted by Gasteiger charge is 2.48. The Balaban J connectivity index is 1.23. The Morgan fingerprint density at radius 3 is 2.62 bits per heavy atom. The van der Waals surface area contributed by atoms with Crippen LogP contribution in [0.25, 0.3) is 0 Å². The second-order valence-corrected chi connectivity index (χ2v) is 9.50. The molecule has 1 spiro atoms.